The monoisotopic (exact) mass is 709 g/mol. The Hall–Kier alpha value is -4.79. The van der Waals surface area contributed by atoms with Crippen LogP contribution in [0.1, 0.15) is 0 Å². The van der Waals surface area contributed by atoms with Gasteiger partial charge in [-0.3, -0.25) is 9.97 Å². The molecule has 0 saturated carbocycles. The summed E-state index contributed by atoms with van der Waals surface area (Å²) in [5.41, 5.74) is 9.82. The van der Waals surface area contributed by atoms with Gasteiger partial charge in [0.05, 0.1) is 5.69 Å². The number of phenolic OH excluding ortho intramolecular Hbond substituents is 1. The van der Waals surface area contributed by atoms with E-state index in [9.17, 15) is 5.11 Å². The van der Waals surface area contributed by atoms with Crippen molar-refractivity contribution in [2.45, 2.75) is 0 Å². The molecule has 0 saturated heterocycles. The van der Waals surface area contributed by atoms with Gasteiger partial charge < -0.3 is 9.51 Å². The van der Waals surface area contributed by atoms with Gasteiger partial charge in [0, 0.05) is 49.9 Å². The van der Waals surface area contributed by atoms with Gasteiger partial charge in [-0.15, -0.1) is 24.3 Å². The molecule has 0 bridgehead atoms. The number of nitrogens with zero attached hydrogens (tertiary/aromatic N) is 3. The number of pyridine rings is 2. The molecule has 4 nitrogen and oxygen atoms in total. The Morgan fingerprint density at radius 1 is 0.561 bits per heavy atom. The number of aromatic nitrogens is 3. The van der Waals surface area contributed by atoms with Crippen LogP contribution in [0.5, 0.6) is 5.75 Å². The molecule has 5 heteroatoms. The number of hydrogen-bond donors (Lipinski definition) is 1. The van der Waals surface area contributed by atoms with Crippen molar-refractivity contribution in [2.24, 2.45) is 0 Å². The van der Waals surface area contributed by atoms with Gasteiger partial charge in [-0.05, 0) is 47.0 Å². The second-order valence-electron chi connectivity index (χ2n) is 9.59. The van der Waals surface area contributed by atoms with Crippen molar-refractivity contribution in [3.8, 4) is 61.9 Å². The number of para-hydroxylation sites is 1. The molecule has 7 rings (SSSR count). The maximum Gasteiger partial charge on any atom is 0.129 e. The van der Waals surface area contributed by atoms with E-state index in [1.165, 1.54) is 0 Å². The molecule has 0 aliphatic heterocycles. The number of benzene rings is 4. The van der Waals surface area contributed by atoms with Crippen molar-refractivity contribution in [1.82, 2.24) is 14.4 Å². The minimum atomic E-state index is 0. The molecule has 0 radical (unpaired) electrons. The molecule has 0 unspecified atom stereocenters. The Bertz CT molecular complexity index is 1970. The molecule has 0 spiro atoms. The van der Waals surface area contributed by atoms with Gasteiger partial charge in [0.1, 0.15) is 11.4 Å². The first-order valence-corrected chi connectivity index (χ1v) is 13.2. The number of hydrogen-bond acceptors (Lipinski definition) is 3. The van der Waals surface area contributed by atoms with Crippen LogP contribution >= 0.6 is 0 Å². The van der Waals surface area contributed by atoms with Crippen molar-refractivity contribution < 1.29 is 26.2 Å². The molecule has 0 amide bonds. The van der Waals surface area contributed by atoms with E-state index in [1.807, 2.05) is 103 Å². The molecule has 41 heavy (non-hydrogen) atoms. The second-order valence-corrected chi connectivity index (χ2v) is 9.59. The largest absolute Gasteiger partial charge is 0.507 e. The average Bonchev–Trinajstić information content (AvgIpc) is 3.42. The third kappa shape index (κ3) is 5.11. The van der Waals surface area contributed by atoms with E-state index in [0.717, 1.165) is 50.5 Å². The minimum Gasteiger partial charge on any atom is -0.507 e. The van der Waals surface area contributed by atoms with Crippen LogP contribution < -0.4 is 0 Å². The topological polar surface area (TPSA) is 50.4 Å². The van der Waals surface area contributed by atoms with Gasteiger partial charge in [-0.2, -0.15) is 0 Å². The van der Waals surface area contributed by atoms with Gasteiger partial charge in [0.15, 0.2) is 0 Å². The van der Waals surface area contributed by atoms with E-state index in [-0.39, 0.29) is 26.8 Å². The Labute approximate surface area is 252 Å². The summed E-state index contributed by atoms with van der Waals surface area (Å²) in [4.78, 5) is 10.0. The molecule has 0 aliphatic carbocycles. The molecular weight excluding hydrogens is 685 g/mol. The smallest absolute Gasteiger partial charge is 0.129 e. The summed E-state index contributed by atoms with van der Waals surface area (Å²) in [7, 11) is 0. The summed E-state index contributed by atoms with van der Waals surface area (Å²) in [6, 6.07) is 47.7. The zero-order valence-electron chi connectivity index (χ0n) is 21.9. The molecule has 0 aliphatic rings. The Morgan fingerprint density at radius 3 is 2.00 bits per heavy atom. The zero-order valence-corrected chi connectivity index (χ0v) is 24.2. The molecule has 0 fully saturated rings. The van der Waals surface area contributed by atoms with Crippen molar-refractivity contribution in [3.63, 3.8) is 0 Å². The predicted molar refractivity (Wildman–Crippen MR) is 161 cm³/mol. The summed E-state index contributed by atoms with van der Waals surface area (Å²) in [6.07, 6.45) is 2.04. The molecule has 3 heterocycles. The van der Waals surface area contributed by atoms with Crippen LogP contribution in [0.2, 0.25) is 0 Å². The number of aromatic hydroxyl groups is 1. The van der Waals surface area contributed by atoms with Crippen LogP contribution in [-0.2, 0) is 21.1 Å². The Morgan fingerprint density at radius 2 is 1.22 bits per heavy atom. The van der Waals surface area contributed by atoms with Crippen LogP contribution in [0.25, 0.3) is 61.8 Å². The Balaban J connectivity index is 0.00000302. The van der Waals surface area contributed by atoms with Crippen LogP contribution in [0.4, 0.5) is 0 Å². The maximum absolute atomic E-state index is 10.6. The number of imidazole rings is 1. The fourth-order valence-electron chi connectivity index (χ4n) is 5.11. The second kappa shape index (κ2) is 11.4. The van der Waals surface area contributed by atoms with E-state index in [2.05, 4.69) is 40.8 Å². The van der Waals surface area contributed by atoms with Gasteiger partial charge >= 0.3 is 0 Å². The van der Waals surface area contributed by atoms with Crippen LogP contribution in [0.15, 0.2) is 140 Å². The summed E-state index contributed by atoms with van der Waals surface area (Å²) >= 11 is 0. The summed E-state index contributed by atoms with van der Waals surface area (Å²) in [5, 5.41) is 10.6. The van der Waals surface area contributed by atoms with Crippen molar-refractivity contribution in [2.75, 3.05) is 0 Å². The van der Waals surface area contributed by atoms with Crippen molar-refractivity contribution >= 4 is 5.65 Å². The summed E-state index contributed by atoms with van der Waals surface area (Å²) in [6.45, 7) is 0. The molecule has 1 N–H and O–H groups in total. The van der Waals surface area contributed by atoms with Crippen LogP contribution in [0, 0.1) is 6.07 Å². The van der Waals surface area contributed by atoms with E-state index < -0.39 is 0 Å². The van der Waals surface area contributed by atoms with E-state index in [0.29, 0.717) is 11.3 Å². The molecule has 4 aromatic carbocycles. The van der Waals surface area contributed by atoms with E-state index >= 15 is 0 Å². The number of fused-ring (bicyclic) bond motifs is 1. The Kier molecular flexibility index (Phi) is 7.33. The maximum atomic E-state index is 10.6. The van der Waals surface area contributed by atoms with Gasteiger partial charge in [-0.25, -0.2) is 0 Å². The average molecular weight is 710 g/mol. The normalized spacial score (nSPS) is 10.8. The molecule has 200 valence electrons. The standard InChI is InChI=1S/C36H24N3O.Pt/c40-33-19-8-7-18-30(33)32-24-29(25-12-3-1-4-13-25)23-31(37-32)27-16-11-17-28(22-27)35-36(26-14-5-2-6-15-26)39-21-10-9-20-34(39)38-35;/h1-21,23-24,40H;/q-1;. The minimum absolute atomic E-state index is 0. The van der Waals surface area contributed by atoms with Crippen LogP contribution in [0.3, 0.4) is 0 Å². The number of rotatable bonds is 5. The third-order valence-corrected chi connectivity index (χ3v) is 7.02. The SMILES string of the molecule is Oc1ccccc1-c1cc(-c2ccccc2)cc(-c2[c-]c(-c3nc4ccccn4c3-c3ccccc3)ccc2)n1.[Pt]. The first-order valence-electron chi connectivity index (χ1n) is 13.2. The molecule has 0 atom stereocenters. The predicted octanol–water partition coefficient (Wildman–Crippen LogP) is 8.57. The first-order chi connectivity index (χ1) is 19.7. The fourth-order valence-corrected chi connectivity index (χ4v) is 5.11. The van der Waals surface area contributed by atoms with E-state index in [1.54, 1.807) is 6.07 Å². The summed E-state index contributed by atoms with van der Waals surface area (Å²) in [5.74, 6) is 0.195. The third-order valence-electron chi connectivity index (χ3n) is 7.02. The molecular formula is C36H24N3OPt-. The first kappa shape index (κ1) is 26.4. The van der Waals surface area contributed by atoms with Gasteiger partial charge in [0.2, 0.25) is 0 Å². The summed E-state index contributed by atoms with van der Waals surface area (Å²) < 4.78 is 2.12. The molecule has 7 aromatic rings. The quantitative estimate of drug-likeness (QED) is 0.182. The van der Waals surface area contributed by atoms with Gasteiger partial charge in [-0.1, -0.05) is 96.1 Å². The molecule has 3 aromatic heterocycles. The van der Waals surface area contributed by atoms with Crippen molar-refractivity contribution in [3.05, 3.63) is 146 Å². The zero-order chi connectivity index (χ0) is 26.9. The van der Waals surface area contributed by atoms with Crippen LogP contribution in [-0.4, -0.2) is 19.5 Å². The van der Waals surface area contributed by atoms with E-state index in [4.69, 9.17) is 9.97 Å². The fraction of sp³-hybridized carbons (Fsp3) is 0. The van der Waals surface area contributed by atoms with Crippen molar-refractivity contribution in [1.29, 1.82) is 0 Å². The van der Waals surface area contributed by atoms with Gasteiger partial charge in [0.25, 0.3) is 0 Å². The number of phenols is 1.